The summed E-state index contributed by atoms with van der Waals surface area (Å²) >= 11 is 5.89. The van der Waals surface area contributed by atoms with Crippen LogP contribution in [0.25, 0.3) is 0 Å². The Morgan fingerprint density at radius 2 is 1.53 bits per heavy atom. The fraction of sp³-hybridized carbons (Fsp3) is 0.625. The molecule has 0 aliphatic heterocycles. The van der Waals surface area contributed by atoms with Crippen molar-refractivity contribution in [3.8, 4) is 0 Å². The Labute approximate surface area is 134 Å². The van der Waals surface area contributed by atoms with Gasteiger partial charge in [-0.15, -0.1) is 0 Å². The molecule has 1 aromatic rings. The molecule has 19 heavy (non-hydrogen) atoms. The van der Waals surface area contributed by atoms with Crippen molar-refractivity contribution in [3.63, 3.8) is 0 Å². The van der Waals surface area contributed by atoms with Crippen LogP contribution in [0.1, 0.15) is 38.2 Å². The first-order valence-electron chi connectivity index (χ1n) is 7.10. The minimum absolute atomic E-state index is 0. The van der Waals surface area contributed by atoms with E-state index < -0.39 is 0 Å². The van der Waals surface area contributed by atoms with Crippen molar-refractivity contribution in [2.24, 2.45) is 0 Å². The molecule has 0 heterocycles. The zero-order valence-corrected chi connectivity index (χ0v) is 14.8. The lowest BCUT2D eigenvalue weighted by molar-refractivity contribution is -0.890. The fourth-order valence-electron chi connectivity index (χ4n) is 2.26. The molecular formula is C16H27BrClN. The molecule has 0 N–H and O–H groups in total. The number of nitrogens with zero attached hydrogens (tertiary/aromatic N) is 1. The van der Waals surface area contributed by atoms with Gasteiger partial charge in [0.05, 0.1) is 27.2 Å². The average molecular weight is 349 g/mol. The number of rotatable bonds is 8. The first-order valence-corrected chi connectivity index (χ1v) is 7.48. The van der Waals surface area contributed by atoms with Crippen LogP contribution >= 0.6 is 11.6 Å². The lowest BCUT2D eigenvalue weighted by atomic mass is 10.1. The predicted molar refractivity (Wildman–Crippen MR) is 81.1 cm³/mol. The van der Waals surface area contributed by atoms with Crippen molar-refractivity contribution in [3.05, 3.63) is 34.9 Å². The molecule has 0 saturated carbocycles. The van der Waals surface area contributed by atoms with Crippen molar-refractivity contribution in [1.82, 2.24) is 0 Å². The standard InChI is InChI=1S/C16H27ClN.BrH/c1-4-5-6-13-18(2,3)14-7-8-15-9-11-16(17)12-10-15;/h9-12H,4-8,13-14H2,1-3H3;1H/q+1;/p-1. The molecule has 0 fully saturated rings. The molecule has 0 radical (unpaired) electrons. The van der Waals surface area contributed by atoms with Gasteiger partial charge in [0.25, 0.3) is 0 Å². The zero-order valence-electron chi connectivity index (χ0n) is 12.5. The second kappa shape index (κ2) is 9.79. The fourth-order valence-corrected chi connectivity index (χ4v) is 2.39. The number of aryl methyl sites for hydroxylation is 1. The van der Waals surface area contributed by atoms with Crippen LogP contribution in [-0.4, -0.2) is 31.7 Å². The smallest absolute Gasteiger partial charge is 0.0785 e. The van der Waals surface area contributed by atoms with Gasteiger partial charge in [-0.3, -0.25) is 0 Å². The molecule has 0 aromatic heterocycles. The average Bonchev–Trinajstić information content (AvgIpc) is 2.32. The molecule has 110 valence electrons. The van der Waals surface area contributed by atoms with Gasteiger partial charge in [-0.05, 0) is 37.0 Å². The summed E-state index contributed by atoms with van der Waals surface area (Å²) in [6.45, 7) is 4.82. The summed E-state index contributed by atoms with van der Waals surface area (Å²) in [5, 5.41) is 0.828. The summed E-state index contributed by atoms with van der Waals surface area (Å²) in [6.07, 6.45) is 6.43. The lowest BCUT2D eigenvalue weighted by Gasteiger charge is -2.30. The van der Waals surface area contributed by atoms with Crippen LogP contribution in [0.5, 0.6) is 0 Å². The Morgan fingerprint density at radius 3 is 2.11 bits per heavy atom. The number of halogens is 2. The molecule has 1 aromatic carbocycles. The van der Waals surface area contributed by atoms with Crippen LogP contribution in [0.4, 0.5) is 0 Å². The van der Waals surface area contributed by atoms with E-state index in [9.17, 15) is 0 Å². The molecule has 0 atom stereocenters. The maximum atomic E-state index is 5.89. The SMILES string of the molecule is CCCCC[N+](C)(C)CCCc1ccc(Cl)cc1.[Br-]. The molecule has 1 nitrogen and oxygen atoms in total. The van der Waals surface area contributed by atoms with Crippen LogP contribution in [0, 0.1) is 0 Å². The monoisotopic (exact) mass is 347 g/mol. The predicted octanol–water partition coefficient (Wildman–Crippen LogP) is 1.54. The first-order chi connectivity index (χ1) is 8.53. The van der Waals surface area contributed by atoms with Crippen LogP contribution in [0.2, 0.25) is 5.02 Å². The van der Waals surface area contributed by atoms with Crippen LogP contribution < -0.4 is 17.0 Å². The van der Waals surface area contributed by atoms with E-state index in [1.165, 1.54) is 44.3 Å². The summed E-state index contributed by atoms with van der Waals surface area (Å²) in [4.78, 5) is 0. The van der Waals surface area contributed by atoms with E-state index >= 15 is 0 Å². The minimum atomic E-state index is 0. The second-order valence-corrected chi connectivity index (χ2v) is 6.26. The summed E-state index contributed by atoms with van der Waals surface area (Å²) in [5.74, 6) is 0. The van der Waals surface area contributed by atoms with E-state index in [-0.39, 0.29) is 17.0 Å². The Bertz CT molecular complexity index is 335. The molecule has 0 aliphatic rings. The molecule has 0 amide bonds. The van der Waals surface area contributed by atoms with Gasteiger partial charge in [-0.1, -0.05) is 37.1 Å². The normalized spacial score (nSPS) is 11.2. The molecule has 0 saturated heterocycles. The van der Waals surface area contributed by atoms with Gasteiger partial charge in [0.2, 0.25) is 0 Å². The summed E-state index contributed by atoms with van der Waals surface area (Å²) in [7, 11) is 4.69. The van der Waals surface area contributed by atoms with Gasteiger partial charge in [-0.2, -0.15) is 0 Å². The van der Waals surface area contributed by atoms with E-state index in [0.717, 1.165) is 15.9 Å². The summed E-state index contributed by atoms with van der Waals surface area (Å²) in [6, 6.07) is 8.25. The largest absolute Gasteiger partial charge is 1.00 e. The maximum absolute atomic E-state index is 5.89. The Morgan fingerprint density at radius 1 is 0.947 bits per heavy atom. The van der Waals surface area contributed by atoms with Gasteiger partial charge in [0.1, 0.15) is 0 Å². The Balaban J connectivity index is 0.00000324. The highest BCUT2D eigenvalue weighted by Crippen LogP contribution is 2.12. The van der Waals surface area contributed by atoms with Crippen molar-refractivity contribution in [2.75, 3.05) is 27.2 Å². The van der Waals surface area contributed by atoms with Crippen LogP contribution in [-0.2, 0) is 6.42 Å². The van der Waals surface area contributed by atoms with Gasteiger partial charge < -0.3 is 21.5 Å². The Hall–Kier alpha value is -0.0500. The number of unbranched alkanes of at least 4 members (excludes halogenated alkanes) is 2. The molecule has 0 bridgehead atoms. The molecule has 3 heteroatoms. The number of hydrogen-bond acceptors (Lipinski definition) is 0. The van der Waals surface area contributed by atoms with Crippen molar-refractivity contribution >= 4 is 11.6 Å². The van der Waals surface area contributed by atoms with E-state index in [1.807, 2.05) is 12.1 Å². The number of benzene rings is 1. The number of quaternary nitrogens is 1. The van der Waals surface area contributed by atoms with E-state index in [4.69, 9.17) is 11.6 Å². The van der Waals surface area contributed by atoms with E-state index in [2.05, 4.69) is 33.2 Å². The zero-order chi connectivity index (χ0) is 13.4. The van der Waals surface area contributed by atoms with Crippen molar-refractivity contribution < 1.29 is 21.5 Å². The van der Waals surface area contributed by atoms with Crippen molar-refractivity contribution in [1.29, 1.82) is 0 Å². The van der Waals surface area contributed by atoms with E-state index in [0.29, 0.717) is 0 Å². The molecule has 0 aliphatic carbocycles. The van der Waals surface area contributed by atoms with Gasteiger partial charge in [-0.25, -0.2) is 0 Å². The van der Waals surface area contributed by atoms with E-state index in [1.54, 1.807) is 0 Å². The summed E-state index contributed by atoms with van der Waals surface area (Å²) < 4.78 is 1.15. The first kappa shape index (κ1) is 18.9. The highest BCUT2D eigenvalue weighted by atomic mass is 79.9. The van der Waals surface area contributed by atoms with Crippen LogP contribution in [0.15, 0.2) is 24.3 Å². The molecule has 0 unspecified atom stereocenters. The highest BCUT2D eigenvalue weighted by Gasteiger charge is 2.13. The topological polar surface area (TPSA) is 0 Å². The number of hydrogen-bond donors (Lipinski definition) is 0. The van der Waals surface area contributed by atoms with Crippen molar-refractivity contribution in [2.45, 2.75) is 39.0 Å². The maximum Gasteiger partial charge on any atom is 0.0785 e. The lowest BCUT2D eigenvalue weighted by Crippen LogP contribution is -3.00. The molecule has 0 spiro atoms. The highest BCUT2D eigenvalue weighted by molar-refractivity contribution is 6.30. The Kier molecular flexibility index (Phi) is 9.77. The summed E-state index contributed by atoms with van der Waals surface area (Å²) in [5.41, 5.74) is 1.40. The molecule has 1 rings (SSSR count). The molecular weight excluding hydrogens is 322 g/mol. The quantitative estimate of drug-likeness (QED) is 0.494. The van der Waals surface area contributed by atoms with Gasteiger partial charge in [0.15, 0.2) is 0 Å². The van der Waals surface area contributed by atoms with Gasteiger partial charge in [0, 0.05) is 11.4 Å². The third kappa shape index (κ3) is 8.67. The third-order valence-corrected chi connectivity index (χ3v) is 3.76. The second-order valence-electron chi connectivity index (χ2n) is 5.82. The van der Waals surface area contributed by atoms with Gasteiger partial charge >= 0.3 is 0 Å². The van der Waals surface area contributed by atoms with Crippen LogP contribution in [0.3, 0.4) is 0 Å². The third-order valence-electron chi connectivity index (χ3n) is 3.51. The minimum Gasteiger partial charge on any atom is -1.00 e.